The first kappa shape index (κ1) is 16.1. The van der Waals surface area contributed by atoms with E-state index in [1.165, 1.54) is 19.3 Å². The molecule has 0 aromatic heterocycles. The summed E-state index contributed by atoms with van der Waals surface area (Å²) in [5, 5.41) is 9.43. The predicted octanol–water partition coefficient (Wildman–Crippen LogP) is 6.06. The average molecular weight is 293 g/mol. The zero-order valence-corrected chi connectivity index (χ0v) is 13.2. The maximum absolute atomic E-state index is 9.43. The van der Waals surface area contributed by atoms with E-state index in [9.17, 15) is 5.26 Å². The number of ether oxygens (including phenoxy) is 1. The Morgan fingerprint density at radius 2 is 1.73 bits per heavy atom. The Morgan fingerprint density at radius 1 is 0.955 bits per heavy atom. The van der Waals surface area contributed by atoms with Crippen molar-refractivity contribution in [2.24, 2.45) is 0 Å². The van der Waals surface area contributed by atoms with E-state index in [0.29, 0.717) is 0 Å². The quantitative estimate of drug-likeness (QED) is 0.554. The van der Waals surface area contributed by atoms with Crippen molar-refractivity contribution in [2.45, 2.75) is 44.9 Å². The molecule has 0 heterocycles. The van der Waals surface area contributed by atoms with E-state index in [4.69, 9.17) is 4.74 Å². The fraction of sp³-hybridized carbons (Fsp3) is 0.350. The van der Waals surface area contributed by atoms with Crippen LogP contribution in [-0.2, 0) is 0 Å². The lowest BCUT2D eigenvalue weighted by Crippen LogP contribution is -1.96. The lowest BCUT2D eigenvalue weighted by molar-refractivity contribution is 0.481. The minimum absolute atomic E-state index is 0.0452. The first-order chi connectivity index (χ1) is 10.8. The molecule has 2 aromatic rings. The van der Waals surface area contributed by atoms with Gasteiger partial charge in [-0.1, -0.05) is 62.9 Å². The highest BCUT2D eigenvalue weighted by molar-refractivity contribution is 5.36. The van der Waals surface area contributed by atoms with Crippen LogP contribution in [0.5, 0.6) is 11.5 Å². The third-order valence-corrected chi connectivity index (χ3v) is 3.74. The monoisotopic (exact) mass is 293 g/mol. The molecule has 0 fully saturated rings. The number of benzene rings is 2. The molecule has 0 aliphatic rings. The molecular weight excluding hydrogens is 270 g/mol. The molecule has 2 nitrogen and oxygen atoms in total. The molecular formula is C20H23NO. The second-order valence-corrected chi connectivity index (χ2v) is 5.52. The molecule has 0 amide bonds. The second kappa shape index (κ2) is 8.89. The summed E-state index contributed by atoms with van der Waals surface area (Å²) in [6.07, 6.45) is 5.70. The molecule has 2 heteroatoms. The van der Waals surface area contributed by atoms with Crippen LogP contribution in [0, 0.1) is 11.3 Å². The SMILES string of the molecule is CCCCCCC(C#N)c1cccc(Oc2ccccc2)c1. The molecule has 1 unspecified atom stereocenters. The van der Waals surface area contributed by atoms with Crippen molar-refractivity contribution in [3.8, 4) is 17.6 Å². The number of unbranched alkanes of at least 4 members (excludes halogenated alkanes) is 3. The average Bonchev–Trinajstić information content (AvgIpc) is 2.56. The molecule has 22 heavy (non-hydrogen) atoms. The molecule has 0 bridgehead atoms. The molecule has 0 N–H and O–H groups in total. The van der Waals surface area contributed by atoms with Crippen LogP contribution in [0.4, 0.5) is 0 Å². The van der Waals surface area contributed by atoms with Gasteiger partial charge in [0.1, 0.15) is 11.5 Å². The number of hydrogen-bond acceptors (Lipinski definition) is 2. The number of hydrogen-bond donors (Lipinski definition) is 0. The Hall–Kier alpha value is -2.27. The molecule has 0 spiro atoms. The second-order valence-electron chi connectivity index (χ2n) is 5.52. The third kappa shape index (κ3) is 4.93. The molecule has 2 rings (SSSR count). The summed E-state index contributed by atoms with van der Waals surface area (Å²) in [6, 6.07) is 20.1. The summed E-state index contributed by atoms with van der Waals surface area (Å²) in [6.45, 7) is 2.20. The van der Waals surface area contributed by atoms with E-state index in [0.717, 1.165) is 29.9 Å². The van der Waals surface area contributed by atoms with Gasteiger partial charge >= 0.3 is 0 Å². The minimum atomic E-state index is -0.0452. The van der Waals surface area contributed by atoms with Gasteiger partial charge in [-0.25, -0.2) is 0 Å². The summed E-state index contributed by atoms with van der Waals surface area (Å²) in [5.74, 6) is 1.56. The van der Waals surface area contributed by atoms with Crippen molar-refractivity contribution < 1.29 is 4.74 Å². The molecule has 114 valence electrons. The normalized spacial score (nSPS) is 11.6. The van der Waals surface area contributed by atoms with E-state index >= 15 is 0 Å². The third-order valence-electron chi connectivity index (χ3n) is 3.74. The van der Waals surface area contributed by atoms with Crippen LogP contribution in [0.15, 0.2) is 54.6 Å². The molecule has 0 aliphatic heterocycles. The number of nitriles is 1. The topological polar surface area (TPSA) is 33.0 Å². The van der Waals surface area contributed by atoms with Crippen LogP contribution in [0.2, 0.25) is 0 Å². The van der Waals surface area contributed by atoms with Gasteiger partial charge in [-0.2, -0.15) is 5.26 Å². The minimum Gasteiger partial charge on any atom is -0.457 e. The van der Waals surface area contributed by atoms with Gasteiger partial charge < -0.3 is 4.74 Å². The first-order valence-electron chi connectivity index (χ1n) is 8.06. The molecule has 2 aromatic carbocycles. The molecule has 1 atom stereocenters. The van der Waals surface area contributed by atoms with Gasteiger partial charge in [0.25, 0.3) is 0 Å². The lowest BCUT2D eigenvalue weighted by atomic mass is 9.94. The smallest absolute Gasteiger partial charge is 0.127 e. The zero-order chi connectivity index (χ0) is 15.6. The maximum atomic E-state index is 9.43. The Labute approximate surface area is 133 Å². The van der Waals surface area contributed by atoms with E-state index in [1.807, 2.05) is 54.6 Å². The van der Waals surface area contributed by atoms with E-state index < -0.39 is 0 Å². The summed E-state index contributed by atoms with van der Waals surface area (Å²) in [5.41, 5.74) is 1.05. The van der Waals surface area contributed by atoms with Crippen LogP contribution in [-0.4, -0.2) is 0 Å². The largest absolute Gasteiger partial charge is 0.457 e. The highest BCUT2D eigenvalue weighted by Crippen LogP contribution is 2.27. The van der Waals surface area contributed by atoms with Gasteiger partial charge in [-0.3, -0.25) is 0 Å². The summed E-state index contributed by atoms with van der Waals surface area (Å²) < 4.78 is 5.85. The van der Waals surface area contributed by atoms with Crippen LogP contribution >= 0.6 is 0 Å². The zero-order valence-electron chi connectivity index (χ0n) is 13.2. The van der Waals surface area contributed by atoms with Gasteiger partial charge in [0.15, 0.2) is 0 Å². The number of nitrogens with zero attached hydrogens (tertiary/aromatic N) is 1. The van der Waals surface area contributed by atoms with Crippen LogP contribution in [0.25, 0.3) is 0 Å². The molecule has 0 aliphatic carbocycles. The Kier molecular flexibility index (Phi) is 6.51. The fourth-order valence-electron chi connectivity index (χ4n) is 2.50. The van der Waals surface area contributed by atoms with Gasteiger partial charge in [0, 0.05) is 0 Å². The summed E-state index contributed by atoms with van der Waals surface area (Å²) in [4.78, 5) is 0. The Morgan fingerprint density at radius 3 is 2.45 bits per heavy atom. The van der Waals surface area contributed by atoms with Crippen molar-refractivity contribution in [3.63, 3.8) is 0 Å². The van der Waals surface area contributed by atoms with Crippen LogP contribution < -0.4 is 4.74 Å². The molecule has 0 saturated carbocycles. The van der Waals surface area contributed by atoms with Crippen molar-refractivity contribution >= 4 is 0 Å². The van der Waals surface area contributed by atoms with Crippen molar-refractivity contribution in [3.05, 3.63) is 60.2 Å². The maximum Gasteiger partial charge on any atom is 0.127 e. The summed E-state index contributed by atoms with van der Waals surface area (Å²) in [7, 11) is 0. The first-order valence-corrected chi connectivity index (χ1v) is 8.06. The lowest BCUT2D eigenvalue weighted by Gasteiger charge is -2.11. The van der Waals surface area contributed by atoms with Crippen LogP contribution in [0.1, 0.15) is 50.5 Å². The van der Waals surface area contributed by atoms with Gasteiger partial charge in [0.05, 0.1) is 12.0 Å². The highest BCUT2D eigenvalue weighted by atomic mass is 16.5. The van der Waals surface area contributed by atoms with E-state index in [2.05, 4.69) is 13.0 Å². The number of para-hydroxylation sites is 1. The number of rotatable bonds is 8. The van der Waals surface area contributed by atoms with Gasteiger partial charge in [-0.05, 0) is 36.2 Å². The van der Waals surface area contributed by atoms with Crippen molar-refractivity contribution in [1.29, 1.82) is 5.26 Å². The Balaban J connectivity index is 2.01. The molecule has 0 radical (unpaired) electrons. The molecule has 0 saturated heterocycles. The van der Waals surface area contributed by atoms with Crippen molar-refractivity contribution in [2.75, 3.05) is 0 Å². The Bertz CT molecular complexity index is 601. The summed E-state index contributed by atoms with van der Waals surface area (Å²) >= 11 is 0. The standard InChI is InChI=1S/C20H23NO/c1-2-3-4-6-10-18(16-21)17-11-9-14-20(15-17)22-19-12-7-5-8-13-19/h5,7-9,11-15,18H,2-4,6,10H2,1H3. The van der Waals surface area contributed by atoms with Gasteiger partial charge in [0.2, 0.25) is 0 Å². The van der Waals surface area contributed by atoms with Crippen LogP contribution in [0.3, 0.4) is 0 Å². The van der Waals surface area contributed by atoms with E-state index in [-0.39, 0.29) is 5.92 Å². The predicted molar refractivity (Wildman–Crippen MR) is 90.1 cm³/mol. The fourth-order valence-corrected chi connectivity index (χ4v) is 2.50. The highest BCUT2D eigenvalue weighted by Gasteiger charge is 2.11. The van der Waals surface area contributed by atoms with Gasteiger partial charge in [-0.15, -0.1) is 0 Å². The van der Waals surface area contributed by atoms with Crippen molar-refractivity contribution in [1.82, 2.24) is 0 Å². The van der Waals surface area contributed by atoms with E-state index in [1.54, 1.807) is 0 Å².